The Labute approximate surface area is 65.4 Å². The molecule has 0 unspecified atom stereocenters. The van der Waals surface area contributed by atoms with E-state index >= 15 is 0 Å². The second kappa shape index (κ2) is 3.16. The van der Waals surface area contributed by atoms with E-state index in [1.807, 2.05) is 19.1 Å². The zero-order valence-corrected chi connectivity index (χ0v) is 6.32. The molecule has 1 aromatic rings. The molecular weight excluding hydrogens is 140 g/mol. The number of benzene rings is 1. The summed E-state index contributed by atoms with van der Waals surface area (Å²) in [6, 6.07) is 7.39. The molecule has 0 bridgehead atoms. The largest absolute Gasteiger partial charge is 0.277 e. The predicted octanol–water partition coefficient (Wildman–Crippen LogP) is 0.832. The normalized spacial score (nSPS) is 9.27. The van der Waals surface area contributed by atoms with E-state index in [1.54, 1.807) is 12.1 Å². The maximum atomic E-state index is 10.2. The van der Waals surface area contributed by atoms with Gasteiger partial charge >= 0.3 is 0 Å². The molecule has 58 valence electrons. The third-order valence-electron chi connectivity index (χ3n) is 1.45. The van der Waals surface area contributed by atoms with Crippen LogP contribution in [0, 0.1) is 6.92 Å². The molecule has 1 aromatic carbocycles. The number of hydrogen-bond acceptors (Lipinski definition) is 2. The van der Waals surface area contributed by atoms with Crippen molar-refractivity contribution >= 4 is 12.1 Å². The Morgan fingerprint density at radius 3 is 2.36 bits per heavy atom. The third-order valence-corrected chi connectivity index (χ3v) is 1.45. The van der Waals surface area contributed by atoms with Gasteiger partial charge in [0, 0.05) is 0 Å². The van der Waals surface area contributed by atoms with Gasteiger partial charge in [-0.25, -0.2) is 5.84 Å². The van der Waals surface area contributed by atoms with Gasteiger partial charge in [-0.05, 0) is 19.1 Å². The first kappa shape index (κ1) is 7.75. The molecule has 0 heterocycles. The fraction of sp³-hybridized carbons (Fsp3) is 0.125. The molecule has 0 spiro atoms. The molecule has 0 atom stereocenters. The van der Waals surface area contributed by atoms with Crippen LogP contribution in [0.1, 0.15) is 5.56 Å². The van der Waals surface area contributed by atoms with Crippen LogP contribution in [0.3, 0.4) is 0 Å². The highest BCUT2D eigenvalue weighted by Crippen LogP contribution is 2.09. The van der Waals surface area contributed by atoms with E-state index in [0.717, 1.165) is 10.6 Å². The van der Waals surface area contributed by atoms with Crippen molar-refractivity contribution in [2.75, 3.05) is 5.01 Å². The highest BCUT2D eigenvalue weighted by Gasteiger charge is 1.96. The summed E-state index contributed by atoms with van der Waals surface area (Å²) >= 11 is 0. The smallest absolute Gasteiger partial charge is 0.228 e. The van der Waals surface area contributed by atoms with Crippen molar-refractivity contribution in [3.05, 3.63) is 29.8 Å². The van der Waals surface area contributed by atoms with Crippen LogP contribution < -0.4 is 10.9 Å². The first-order valence-corrected chi connectivity index (χ1v) is 3.30. The Kier molecular flexibility index (Phi) is 2.23. The van der Waals surface area contributed by atoms with Crippen LogP contribution in [-0.2, 0) is 4.79 Å². The monoisotopic (exact) mass is 150 g/mol. The average Bonchev–Trinajstić information content (AvgIpc) is 2.05. The molecule has 0 fully saturated rings. The Hall–Kier alpha value is -1.35. The van der Waals surface area contributed by atoms with E-state index in [1.165, 1.54) is 0 Å². The number of amides is 1. The summed E-state index contributed by atoms with van der Waals surface area (Å²) < 4.78 is 0. The zero-order valence-electron chi connectivity index (χ0n) is 6.32. The number of carbonyl (C=O) groups excluding carboxylic acids is 1. The van der Waals surface area contributed by atoms with Crippen LogP contribution in [0.15, 0.2) is 24.3 Å². The van der Waals surface area contributed by atoms with Gasteiger partial charge in [0.1, 0.15) is 0 Å². The first-order chi connectivity index (χ1) is 5.24. The van der Waals surface area contributed by atoms with Crippen LogP contribution >= 0.6 is 0 Å². The molecule has 0 aromatic heterocycles. The molecule has 1 rings (SSSR count). The maximum Gasteiger partial charge on any atom is 0.228 e. The van der Waals surface area contributed by atoms with Crippen molar-refractivity contribution in [1.29, 1.82) is 0 Å². The second-order valence-corrected chi connectivity index (χ2v) is 2.35. The van der Waals surface area contributed by atoms with Crippen molar-refractivity contribution in [2.24, 2.45) is 5.84 Å². The van der Waals surface area contributed by atoms with Crippen molar-refractivity contribution in [3.63, 3.8) is 0 Å². The van der Waals surface area contributed by atoms with Gasteiger partial charge in [-0.2, -0.15) is 0 Å². The number of anilines is 1. The summed E-state index contributed by atoms with van der Waals surface area (Å²) in [6.07, 6.45) is 0.574. The number of nitrogens with zero attached hydrogens (tertiary/aromatic N) is 1. The van der Waals surface area contributed by atoms with Crippen LogP contribution in [-0.4, -0.2) is 6.41 Å². The van der Waals surface area contributed by atoms with E-state index in [4.69, 9.17) is 5.84 Å². The van der Waals surface area contributed by atoms with Crippen molar-refractivity contribution in [3.8, 4) is 0 Å². The number of hydrazine groups is 1. The number of carbonyl (C=O) groups is 1. The van der Waals surface area contributed by atoms with Gasteiger partial charge in [0.2, 0.25) is 6.41 Å². The quantitative estimate of drug-likeness (QED) is 0.294. The summed E-state index contributed by atoms with van der Waals surface area (Å²) in [6.45, 7) is 1.98. The minimum Gasteiger partial charge on any atom is -0.277 e. The summed E-state index contributed by atoms with van der Waals surface area (Å²) in [5.74, 6) is 5.31. The molecule has 0 saturated heterocycles. The summed E-state index contributed by atoms with van der Waals surface area (Å²) in [5, 5.41) is 1.04. The average molecular weight is 150 g/mol. The van der Waals surface area contributed by atoms with Gasteiger partial charge in [0.25, 0.3) is 0 Å². The van der Waals surface area contributed by atoms with Gasteiger partial charge in [-0.1, -0.05) is 17.7 Å². The van der Waals surface area contributed by atoms with E-state index in [2.05, 4.69) is 0 Å². The lowest BCUT2D eigenvalue weighted by atomic mass is 10.2. The molecule has 3 heteroatoms. The van der Waals surface area contributed by atoms with Gasteiger partial charge in [-0.3, -0.25) is 9.80 Å². The lowest BCUT2D eigenvalue weighted by Crippen LogP contribution is -2.28. The highest BCUT2D eigenvalue weighted by atomic mass is 16.1. The molecular formula is C8H10N2O. The SMILES string of the molecule is Cc1ccc(N(N)C=O)cc1. The molecule has 11 heavy (non-hydrogen) atoms. The first-order valence-electron chi connectivity index (χ1n) is 3.30. The van der Waals surface area contributed by atoms with Crippen LogP contribution in [0.25, 0.3) is 0 Å². The van der Waals surface area contributed by atoms with Gasteiger partial charge in [0.05, 0.1) is 5.69 Å². The fourth-order valence-electron chi connectivity index (χ4n) is 0.778. The lowest BCUT2D eigenvalue weighted by molar-refractivity contribution is -0.107. The van der Waals surface area contributed by atoms with Crippen molar-refractivity contribution in [2.45, 2.75) is 6.92 Å². The zero-order chi connectivity index (χ0) is 8.27. The Morgan fingerprint density at radius 1 is 1.36 bits per heavy atom. The van der Waals surface area contributed by atoms with Crippen LogP contribution in [0.4, 0.5) is 5.69 Å². The Balaban J connectivity index is 2.89. The summed E-state index contributed by atoms with van der Waals surface area (Å²) in [4.78, 5) is 10.2. The maximum absolute atomic E-state index is 10.2. The van der Waals surface area contributed by atoms with E-state index in [0.29, 0.717) is 12.1 Å². The van der Waals surface area contributed by atoms with Crippen molar-refractivity contribution < 1.29 is 4.79 Å². The molecule has 0 aliphatic rings. The summed E-state index contributed by atoms with van der Waals surface area (Å²) in [5.41, 5.74) is 1.85. The number of aryl methyl sites for hydroxylation is 1. The second-order valence-electron chi connectivity index (χ2n) is 2.35. The van der Waals surface area contributed by atoms with E-state index in [9.17, 15) is 4.79 Å². The molecule has 0 aliphatic heterocycles. The summed E-state index contributed by atoms with van der Waals surface area (Å²) in [7, 11) is 0. The predicted molar refractivity (Wildman–Crippen MR) is 43.9 cm³/mol. The molecule has 2 N–H and O–H groups in total. The molecule has 0 saturated carbocycles. The molecule has 0 aliphatic carbocycles. The van der Waals surface area contributed by atoms with Gasteiger partial charge in [-0.15, -0.1) is 0 Å². The van der Waals surface area contributed by atoms with Crippen LogP contribution in [0.5, 0.6) is 0 Å². The third kappa shape index (κ3) is 1.78. The number of rotatable bonds is 2. The molecule has 1 amide bonds. The number of nitrogens with two attached hydrogens (primary N) is 1. The molecule has 3 nitrogen and oxygen atoms in total. The van der Waals surface area contributed by atoms with E-state index < -0.39 is 0 Å². The Morgan fingerprint density at radius 2 is 1.91 bits per heavy atom. The fourth-order valence-corrected chi connectivity index (χ4v) is 0.778. The minimum absolute atomic E-state index is 0.574. The molecule has 0 radical (unpaired) electrons. The highest BCUT2D eigenvalue weighted by molar-refractivity contribution is 5.73. The van der Waals surface area contributed by atoms with Gasteiger partial charge < -0.3 is 0 Å². The standard InChI is InChI=1S/C8H10N2O/c1-7-2-4-8(5-3-7)10(9)6-11/h2-6H,9H2,1H3. The lowest BCUT2D eigenvalue weighted by Gasteiger charge is -2.09. The minimum atomic E-state index is 0.574. The van der Waals surface area contributed by atoms with Crippen molar-refractivity contribution in [1.82, 2.24) is 0 Å². The van der Waals surface area contributed by atoms with Gasteiger partial charge in [0.15, 0.2) is 0 Å². The topological polar surface area (TPSA) is 46.3 Å². The Bertz CT molecular complexity index is 243. The van der Waals surface area contributed by atoms with E-state index in [-0.39, 0.29) is 0 Å². The number of hydrogen-bond donors (Lipinski definition) is 1. The van der Waals surface area contributed by atoms with Crippen LogP contribution in [0.2, 0.25) is 0 Å².